The Bertz CT molecular complexity index is 1600. The highest BCUT2D eigenvalue weighted by Crippen LogP contribution is 2.35. The first-order valence-corrected chi connectivity index (χ1v) is 13.6. The van der Waals surface area contributed by atoms with E-state index < -0.39 is 16.4 Å². The summed E-state index contributed by atoms with van der Waals surface area (Å²) in [7, 11) is -3.90. The molecule has 3 aromatic carbocycles. The number of amides is 1. The third-order valence-corrected chi connectivity index (χ3v) is 8.67. The second kappa shape index (κ2) is 9.69. The van der Waals surface area contributed by atoms with Gasteiger partial charge in [-0.3, -0.25) is 9.52 Å². The van der Waals surface area contributed by atoms with E-state index in [1.807, 2.05) is 6.07 Å². The average molecular weight is 561 g/mol. The molecule has 2 heterocycles. The summed E-state index contributed by atoms with van der Waals surface area (Å²) >= 11 is 1.03. The Balaban J connectivity index is 1.37. The zero-order chi connectivity index (χ0) is 27.1. The summed E-state index contributed by atoms with van der Waals surface area (Å²) in [4.78, 5) is 14.8. The van der Waals surface area contributed by atoms with Gasteiger partial charge in [0.05, 0.1) is 5.69 Å². The summed E-state index contributed by atoms with van der Waals surface area (Å²) in [5, 5.41) is 11.9. The first-order valence-electron chi connectivity index (χ1n) is 11.2. The highest BCUT2D eigenvalue weighted by molar-refractivity contribution is 7.94. The van der Waals surface area contributed by atoms with Crippen LogP contribution in [0.15, 0.2) is 82.4 Å². The van der Waals surface area contributed by atoms with Crippen molar-refractivity contribution < 1.29 is 36.2 Å². The third-order valence-electron chi connectivity index (χ3n) is 5.90. The number of fused-ring (bicyclic) bond motifs is 1. The minimum Gasteiger partial charge on any atom is -0.506 e. The van der Waals surface area contributed by atoms with E-state index >= 15 is 0 Å². The van der Waals surface area contributed by atoms with Crippen molar-refractivity contribution in [1.29, 1.82) is 0 Å². The molecule has 1 aromatic heterocycles. The number of halogens is 3. The molecule has 0 saturated carbocycles. The molecular formula is C26H19F3N2O5S2. The second-order valence-corrected chi connectivity index (χ2v) is 11.2. The van der Waals surface area contributed by atoms with E-state index in [1.54, 1.807) is 23.6 Å². The number of aromatic hydroxyl groups is 1. The number of ether oxygens (including phenoxy) is 1. The Hall–Kier alpha value is -4.03. The van der Waals surface area contributed by atoms with Gasteiger partial charge in [-0.25, -0.2) is 8.42 Å². The van der Waals surface area contributed by atoms with Crippen molar-refractivity contribution in [2.75, 3.05) is 16.2 Å². The van der Waals surface area contributed by atoms with Crippen LogP contribution >= 0.6 is 11.3 Å². The van der Waals surface area contributed by atoms with E-state index in [1.165, 1.54) is 53.4 Å². The monoisotopic (exact) mass is 560 g/mol. The number of sulfonamides is 1. The van der Waals surface area contributed by atoms with Gasteiger partial charge in [-0.05, 0) is 71.0 Å². The Morgan fingerprint density at radius 1 is 0.974 bits per heavy atom. The Labute approximate surface area is 219 Å². The SMILES string of the molecule is O=C1c2ccc(-c3ccc(OC(F)(F)F)cc3)cc2CCN1c1ccc(O)c(NS(=O)(=O)c2cccs2)c1. The van der Waals surface area contributed by atoms with Gasteiger partial charge in [0.1, 0.15) is 15.7 Å². The summed E-state index contributed by atoms with van der Waals surface area (Å²) in [6.07, 6.45) is -4.28. The number of nitrogens with one attached hydrogen (secondary N) is 1. The lowest BCUT2D eigenvalue weighted by Crippen LogP contribution is -2.37. The number of nitrogens with zero attached hydrogens (tertiary/aromatic N) is 1. The standard InChI is InChI=1S/C26H19F3N2O5S2/c27-26(28,29)36-20-7-3-16(4-8-20)17-5-9-21-18(14-17)11-12-31(25(21)33)19-6-10-23(32)22(15-19)30-38(34,35)24-2-1-13-37-24/h1-10,13-15,30,32H,11-12H2. The van der Waals surface area contributed by atoms with E-state index in [2.05, 4.69) is 9.46 Å². The summed E-state index contributed by atoms with van der Waals surface area (Å²) < 4.78 is 68.8. The molecule has 196 valence electrons. The predicted octanol–water partition coefficient (Wildman–Crippen LogP) is 6.02. The average Bonchev–Trinajstić information content (AvgIpc) is 3.41. The number of benzene rings is 3. The molecule has 0 spiro atoms. The van der Waals surface area contributed by atoms with Crippen molar-refractivity contribution >= 4 is 38.6 Å². The van der Waals surface area contributed by atoms with Crippen LogP contribution < -0.4 is 14.4 Å². The lowest BCUT2D eigenvalue weighted by Gasteiger charge is -2.29. The summed E-state index contributed by atoms with van der Waals surface area (Å²) in [5.41, 5.74) is 2.98. The van der Waals surface area contributed by atoms with Gasteiger partial charge in [0.2, 0.25) is 0 Å². The maximum absolute atomic E-state index is 13.3. The maximum atomic E-state index is 13.3. The summed E-state index contributed by atoms with van der Waals surface area (Å²) in [6.45, 7) is 0.301. The van der Waals surface area contributed by atoms with Crippen LogP contribution in [0, 0.1) is 0 Å². The first kappa shape index (κ1) is 25.6. The van der Waals surface area contributed by atoms with Crippen molar-refractivity contribution in [2.45, 2.75) is 17.0 Å². The molecule has 1 aliphatic rings. The number of hydrogen-bond acceptors (Lipinski definition) is 6. The third kappa shape index (κ3) is 5.31. The van der Waals surface area contributed by atoms with Gasteiger partial charge in [-0.2, -0.15) is 0 Å². The minimum atomic E-state index is -4.77. The first-order chi connectivity index (χ1) is 18.0. The molecule has 0 aliphatic carbocycles. The van der Waals surface area contributed by atoms with Gasteiger partial charge >= 0.3 is 6.36 Å². The van der Waals surface area contributed by atoms with Crippen molar-refractivity contribution in [2.24, 2.45) is 0 Å². The molecule has 2 N–H and O–H groups in total. The number of phenols is 1. The van der Waals surface area contributed by atoms with Crippen LogP contribution in [0.4, 0.5) is 24.5 Å². The second-order valence-electron chi connectivity index (χ2n) is 8.39. The molecule has 0 unspecified atom stereocenters. The van der Waals surface area contributed by atoms with Gasteiger partial charge in [-0.15, -0.1) is 24.5 Å². The Morgan fingerprint density at radius 3 is 2.39 bits per heavy atom. The largest absolute Gasteiger partial charge is 0.573 e. The highest BCUT2D eigenvalue weighted by Gasteiger charge is 2.31. The number of thiophene rings is 1. The van der Waals surface area contributed by atoms with Gasteiger partial charge < -0.3 is 14.7 Å². The van der Waals surface area contributed by atoms with Crippen LogP contribution in [0.1, 0.15) is 15.9 Å². The van der Waals surface area contributed by atoms with E-state index in [9.17, 15) is 31.5 Å². The molecular weight excluding hydrogens is 541 g/mol. The molecule has 0 bridgehead atoms. The lowest BCUT2D eigenvalue weighted by molar-refractivity contribution is -0.274. The van der Waals surface area contributed by atoms with E-state index in [0.29, 0.717) is 29.8 Å². The number of hydrogen-bond donors (Lipinski definition) is 2. The summed E-state index contributed by atoms with van der Waals surface area (Å²) in [5.74, 6) is -0.907. The molecule has 0 radical (unpaired) electrons. The highest BCUT2D eigenvalue weighted by atomic mass is 32.2. The van der Waals surface area contributed by atoms with Gasteiger partial charge in [0.25, 0.3) is 15.9 Å². The van der Waals surface area contributed by atoms with Crippen LogP contribution in [-0.2, 0) is 16.4 Å². The predicted molar refractivity (Wildman–Crippen MR) is 137 cm³/mol. The van der Waals surface area contributed by atoms with Gasteiger partial charge in [-0.1, -0.05) is 30.3 Å². The fraction of sp³-hybridized carbons (Fsp3) is 0.115. The molecule has 12 heteroatoms. The number of carbonyl (C=O) groups excluding carboxylic acids is 1. The van der Waals surface area contributed by atoms with Crippen molar-refractivity contribution in [3.05, 3.63) is 89.3 Å². The zero-order valence-electron chi connectivity index (χ0n) is 19.4. The molecule has 7 nitrogen and oxygen atoms in total. The Kier molecular flexibility index (Phi) is 6.53. The lowest BCUT2D eigenvalue weighted by atomic mass is 9.93. The molecule has 1 aliphatic heterocycles. The molecule has 1 amide bonds. The van der Waals surface area contributed by atoms with Crippen molar-refractivity contribution in [1.82, 2.24) is 0 Å². The number of anilines is 2. The molecule has 38 heavy (non-hydrogen) atoms. The number of rotatable bonds is 6. The van der Waals surface area contributed by atoms with Crippen molar-refractivity contribution in [3.8, 4) is 22.6 Å². The van der Waals surface area contributed by atoms with Crippen LogP contribution in [0.5, 0.6) is 11.5 Å². The molecule has 5 rings (SSSR count). The molecule has 0 fully saturated rings. The van der Waals surface area contributed by atoms with Crippen LogP contribution in [-0.4, -0.2) is 32.3 Å². The van der Waals surface area contributed by atoms with Crippen LogP contribution in [0.25, 0.3) is 11.1 Å². The number of carbonyl (C=O) groups is 1. The van der Waals surface area contributed by atoms with Gasteiger partial charge in [0.15, 0.2) is 0 Å². The zero-order valence-corrected chi connectivity index (χ0v) is 21.0. The van der Waals surface area contributed by atoms with Crippen LogP contribution in [0.2, 0.25) is 0 Å². The van der Waals surface area contributed by atoms with E-state index in [0.717, 1.165) is 22.5 Å². The number of alkyl halides is 3. The smallest absolute Gasteiger partial charge is 0.506 e. The summed E-state index contributed by atoms with van der Waals surface area (Å²) in [6, 6.07) is 17.9. The normalized spacial score (nSPS) is 13.8. The fourth-order valence-corrected chi connectivity index (χ4v) is 6.21. The number of phenolic OH excluding ortho intramolecular Hbond substituents is 1. The van der Waals surface area contributed by atoms with Crippen LogP contribution in [0.3, 0.4) is 0 Å². The minimum absolute atomic E-state index is 0.0530. The molecule has 0 atom stereocenters. The Morgan fingerprint density at radius 2 is 1.71 bits per heavy atom. The maximum Gasteiger partial charge on any atom is 0.573 e. The van der Waals surface area contributed by atoms with Gasteiger partial charge in [0, 0.05) is 17.8 Å². The van der Waals surface area contributed by atoms with Crippen molar-refractivity contribution in [3.63, 3.8) is 0 Å². The molecule has 4 aromatic rings. The quantitative estimate of drug-likeness (QED) is 0.281. The molecule has 0 saturated heterocycles. The topological polar surface area (TPSA) is 95.9 Å². The van der Waals surface area contributed by atoms with E-state index in [-0.39, 0.29) is 27.3 Å². The fourth-order valence-electron chi connectivity index (χ4n) is 4.15. The van der Waals surface area contributed by atoms with E-state index in [4.69, 9.17) is 0 Å².